The van der Waals surface area contributed by atoms with Gasteiger partial charge in [0.05, 0.1) is 6.61 Å². The van der Waals surface area contributed by atoms with Gasteiger partial charge in [-0.3, -0.25) is 0 Å². The van der Waals surface area contributed by atoms with Crippen LogP contribution in [-0.2, 0) is 4.74 Å². The van der Waals surface area contributed by atoms with Crippen LogP contribution in [0, 0.1) is 13.8 Å². The smallest absolute Gasteiger partial charge is 0.132 e. The molecule has 2 heterocycles. The Morgan fingerprint density at radius 3 is 3.00 bits per heavy atom. The number of anilines is 1. The summed E-state index contributed by atoms with van der Waals surface area (Å²) in [6.07, 6.45) is 2.46. The molecule has 1 atom stereocenters. The molecule has 1 aromatic rings. The number of nitrogens with zero attached hydrogens (tertiary/aromatic N) is 3. The molecule has 1 aliphatic heterocycles. The van der Waals surface area contributed by atoms with E-state index in [-0.39, 0.29) is 0 Å². The maximum atomic E-state index is 5.05. The fraction of sp³-hybridized carbons (Fsp3) is 0.714. The summed E-state index contributed by atoms with van der Waals surface area (Å²) in [5, 5.41) is 3.45. The molecule has 106 valence electrons. The molecule has 0 bridgehead atoms. The zero-order valence-electron chi connectivity index (χ0n) is 12.1. The number of rotatable bonds is 6. The monoisotopic (exact) mass is 264 g/mol. The molecule has 0 saturated carbocycles. The van der Waals surface area contributed by atoms with E-state index in [1.54, 1.807) is 7.11 Å². The molecule has 5 heteroatoms. The van der Waals surface area contributed by atoms with Gasteiger partial charge in [0.1, 0.15) is 11.6 Å². The zero-order chi connectivity index (χ0) is 13.7. The van der Waals surface area contributed by atoms with Crippen LogP contribution in [0.5, 0.6) is 0 Å². The Hall–Kier alpha value is -1.20. The number of hydrogen-bond donors (Lipinski definition) is 1. The van der Waals surface area contributed by atoms with E-state index >= 15 is 0 Å². The Morgan fingerprint density at radius 1 is 1.42 bits per heavy atom. The van der Waals surface area contributed by atoms with Crippen LogP contribution in [0.4, 0.5) is 5.82 Å². The lowest BCUT2D eigenvalue weighted by molar-refractivity contribution is 0.199. The van der Waals surface area contributed by atoms with Gasteiger partial charge >= 0.3 is 0 Å². The fourth-order valence-electron chi connectivity index (χ4n) is 2.64. The molecule has 1 fully saturated rings. The average Bonchev–Trinajstić information content (AvgIpc) is 2.82. The zero-order valence-corrected chi connectivity index (χ0v) is 12.1. The third-order valence-corrected chi connectivity index (χ3v) is 3.49. The van der Waals surface area contributed by atoms with E-state index in [1.165, 1.54) is 12.8 Å². The first-order chi connectivity index (χ1) is 9.20. The summed E-state index contributed by atoms with van der Waals surface area (Å²) in [4.78, 5) is 11.3. The second-order valence-electron chi connectivity index (χ2n) is 5.10. The van der Waals surface area contributed by atoms with Crippen LogP contribution in [0.1, 0.15) is 24.4 Å². The second-order valence-corrected chi connectivity index (χ2v) is 5.10. The van der Waals surface area contributed by atoms with Crippen LogP contribution in [0.3, 0.4) is 0 Å². The minimum Gasteiger partial charge on any atom is -0.383 e. The van der Waals surface area contributed by atoms with Crippen LogP contribution >= 0.6 is 0 Å². The van der Waals surface area contributed by atoms with Crippen molar-refractivity contribution in [3.63, 3.8) is 0 Å². The molecule has 1 unspecified atom stereocenters. The van der Waals surface area contributed by atoms with Gasteiger partial charge in [0.25, 0.3) is 0 Å². The Labute approximate surface area is 115 Å². The summed E-state index contributed by atoms with van der Waals surface area (Å²) < 4.78 is 5.05. The van der Waals surface area contributed by atoms with E-state index in [0.717, 1.165) is 43.6 Å². The van der Waals surface area contributed by atoms with Gasteiger partial charge < -0.3 is 15.0 Å². The first kappa shape index (κ1) is 14.2. The molecule has 1 saturated heterocycles. The Balaban J connectivity index is 1.97. The van der Waals surface area contributed by atoms with Gasteiger partial charge in [-0.25, -0.2) is 9.97 Å². The highest BCUT2D eigenvalue weighted by Gasteiger charge is 2.25. The molecule has 1 aliphatic rings. The Morgan fingerprint density at radius 2 is 2.26 bits per heavy atom. The predicted molar refractivity (Wildman–Crippen MR) is 76.6 cm³/mol. The molecule has 1 N–H and O–H groups in total. The minimum atomic E-state index is 0.533. The second kappa shape index (κ2) is 6.82. The molecule has 2 rings (SSSR count). The molecule has 0 aromatic carbocycles. The summed E-state index contributed by atoms with van der Waals surface area (Å²) in [6, 6.07) is 2.62. The van der Waals surface area contributed by atoms with Crippen molar-refractivity contribution in [2.45, 2.75) is 32.7 Å². The Bertz CT molecular complexity index is 390. The summed E-state index contributed by atoms with van der Waals surface area (Å²) in [5.74, 6) is 1.93. The maximum absolute atomic E-state index is 5.05. The molecule has 0 radical (unpaired) electrons. The van der Waals surface area contributed by atoms with Crippen molar-refractivity contribution < 1.29 is 4.74 Å². The molecular weight excluding hydrogens is 240 g/mol. The lowest BCUT2D eigenvalue weighted by atomic mass is 10.2. The molecule has 0 aliphatic carbocycles. The fourth-order valence-corrected chi connectivity index (χ4v) is 2.64. The van der Waals surface area contributed by atoms with E-state index in [4.69, 9.17) is 4.74 Å². The van der Waals surface area contributed by atoms with Gasteiger partial charge in [0.2, 0.25) is 0 Å². The molecular formula is C14H24N4O. The van der Waals surface area contributed by atoms with Gasteiger partial charge in [0, 0.05) is 44.5 Å². The quantitative estimate of drug-likeness (QED) is 0.785. The Kier molecular flexibility index (Phi) is 5.10. The lowest BCUT2D eigenvalue weighted by Crippen LogP contribution is -2.39. The molecule has 19 heavy (non-hydrogen) atoms. The van der Waals surface area contributed by atoms with Gasteiger partial charge in [-0.1, -0.05) is 0 Å². The predicted octanol–water partition coefficient (Wildman–Crippen LogP) is 1.30. The highest BCUT2D eigenvalue weighted by molar-refractivity contribution is 5.42. The normalized spacial score (nSPS) is 19.1. The number of ether oxygens (including phenoxy) is 1. The standard InChI is InChI=1S/C14H24N4O/c1-11-9-14(17-12(2)16-11)18-7-4-5-13(18)10-15-6-8-19-3/h9,13,15H,4-8,10H2,1-3H3. The number of methoxy groups -OCH3 is 1. The number of aromatic nitrogens is 2. The van der Waals surface area contributed by atoms with Crippen molar-refractivity contribution in [3.8, 4) is 0 Å². The van der Waals surface area contributed by atoms with Gasteiger partial charge in [-0.05, 0) is 26.7 Å². The van der Waals surface area contributed by atoms with E-state index in [2.05, 4.69) is 26.3 Å². The first-order valence-electron chi connectivity index (χ1n) is 6.99. The number of hydrogen-bond acceptors (Lipinski definition) is 5. The molecule has 5 nitrogen and oxygen atoms in total. The van der Waals surface area contributed by atoms with Crippen molar-refractivity contribution in [3.05, 3.63) is 17.6 Å². The number of aryl methyl sites for hydroxylation is 2. The first-order valence-corrected chi connectivity index (χ1v) is 6.99. The van der Waals surface area contributed by atoms with Crippen molar-refractivity contribution in [1.29, 1.82) is 0 Å². The van der Waals surface area contributed by atoms with Crippen molar-refractivity contribution >= 4 is 5.82 Å². The largest absolute Gasteiger partial charge is 0.383 e. The van der Waals surface area contributed by atoms with Crippen LogP contribution in [0.2, 0.25) is 0 Å². The molecule has 1 aromatic heterocycles. The number of nitrogens with one attached hydrogen (secondary N) is 1. The third-order valence-electron chi connectivity index (χ3n) is 3.49. The van der Waals surface area contributed by atoms with E-state index < -0.39 is 0 Å². The van der Waals surface area contributed by atoms with Gasteiger partial charge in [0.15, 0.2) is 0 Å². The van der Waals surface area contributed by atoms with Crippen molar-refractivity contribution in [2.24, 2.45) is 0 Å². The van der Waals surface area contributed by atoms with Crippen molar-refractivity contribution in [1.82, 2.24) is 15.3 Å². The van der Waals surface area contributed by atoms with Crippen molar-refractivity contribution in [2.75, 3.05) is 38.3 Å². The summed E-state index contributed by atoms with van der Waals surface area (Å²) >= 11 is 0. The highest BCUT2D eigenvalue weighted by atomic mass is 16.5. The average molecular weight is 264 g/mol. The topological polar surface area (TPSA) is 50.3 Å². The highest BCUT2D eigenvalue weighted by Crippen LogP contribution is 2.23. The van der Waals surface area contributed by atoms with Gasteiger partial charge in [-0.2, -0.15) is 0 Å². The van der Waals surface area contributed by atoms with Crippen LogP contribution in [0.15, 0.2) is 6.07 Å². The summed E-state index contributed by atoms with van der Waals surface area (Å²) in [5.41, 5.74) is 1.04. The van der Waals surface area contributed by atoms with Crippen LogP contribution in [0.25, 0.3) is 0 Å². The molecule has 0 amide bonds. The summed E-state index contributed by atoms with van der Waals surface area (Å²) in [7, 11) is 1.73. The maximum Gasteiger partial charge on any atom is 0.132 e. The van der Waals surface area contributed by atoms with E-state index in [9.17, 15) is 0 Å². The molecule has 0 spiro atoms. The van der Waals surface area contributed by atoms with Gasteiger partial charge in [-0.15, -0.1) is 0 Å². The third kappa shape index (κ3) is 3.88. The van der Waals surface area contributed by atoms with Crippen LogP contribution in [-0.4, -0.2) is 49.4 Å². The van der Waals surface area contributed by atoms with Crippen LogP contribution < -0.4 is 10.2 Å². The lowest BCUT2D eigenvalue weighted by Gasteiger charge is -2.26. The SMILES string of the molecule is COCCNCC1CCCN1c1cc(C)nc(C)n1. The van der Waals surface area contributed by atoms with E-state index in [1.807, 2.05) is 13.8 Å². The van der Waals surface area contributed by atoms with E-state index in [0.29, 0.717) is 6.04 Å². The minimum absolute atomic E-state index is 0.533. The summed E-state index contributed by atoms with van der Waals surface area (Å²) in [6.45, 7) is 7.73.